The zero-order valence-electron chi connectivity index (χ0n) is 9.69. The summed E-state index contributed by atoms with van der Waals surface area (Å²) in [6, 6.07) is 5.52. The largest absolute Gasteiger partial charge is 0.440 e. The van der Waals surface area contributed by atoms with Crippen LogP contribution < -0.4 is 5.73 Å². The summed E-state index contributed by atoms with van der Waals surface area (Å²) in [5, 5.41) is 1.64. The summed E-state index contributed by atoms with van der Waals surface area (Å²) in [6.07, 6.45) is 11.2. The molecular formula is C15H12ClNO. The number of rotatable bonds is 1. The first-order valence-electron chi connectivity index (χ1n) is 5.75. The van der Waals surface area contributed by atoms with E-state index in [2.05, 4.69) is 18.2 Å². The Morgan fingerprint density at radius 1 is 1.28 bits per heavy atom. The molecule has 1 aliphatic rings. The number of hydrogen-bond acceptors (Lipinski definition) is 2. The number of anilines is 1. The van der Waals surface area contributed by atoms with Crippen LogP contribution in [0.3, 0.4) is 0 Å². The van der Waals surface area contributed by atoms with E-state index < -0.39 is 0 Å². The minimum Gasteiger partial charge on any atom is -0.440 e. The number of allylic oxidation sites excluding steroid dienone is 5. The second-order valence-electron chi connectivity index (χ2n) is 4.23. The average molecular weight is 258 g/mol. The van der Waals surface area contributed by atoms with Crippen LogP contribution in [-0.2, 0) is 0 Å². The van der Waals surface area contributed by atoms with Gasteiger partial charge in [0.1, 0.15) is 5.58 Å². The molecule has 0 saturated carbocycles. The lowest BCUT2D eigenvalue weighted by atomic mass is 10.0. The Hall–Kier alpha value is -1.93. The summed E-state index contributed by atoms with van der Waals surface area (Å²) in [7, 11) is 0. The maximum absolute atomic E-state index is 6.01. The fourth-order valence-corrected chi connectivity index (χ4v) is 2.25. The minimum atomic E-state index is 0.433. The van der Waals surface area contributed by atoms with Crippen LogP contribution in [0.4, 0.5) is 5.88 Å². The molecule has 1 aromatic heterocycles. The molecular weight excluding hydrogens is 246 g/mol. The third kappa shape index (κ3) is 1.95. The third-order valence-electron chi connectivity index (χ3n) is 2.96. The van der Waals surface area contributed by atoms with Gasteiger partial charge in [-0.25, -0.2) is 0 Å². The SMILES string of the molecule is Nc1oc2ccc(Cl)cc2c1/C=C1/C=CC=CC1. The van der Waals surface area contributed by atoms with Gasteiger partial charge in [0.05, 0.1) is 0 Å². The molecule has 0 atom stereocenters. The van der Waals surface area contributed by atoms with E-state index in [1.807, 2.05) is 24.3 Å². The molecule has 1 aliphatic carbocycles. The van der Waals surface area contributed by atoms with E-state index in [1.165, 1.54) is 5.57 Å². The van der Waals surface area contributed by atoms with Gasteiger partial charge < -0.3 is 10.2 Å². The van der Waals surface area contributed by atoms with Crippen LogP contribution in [0.1, 0.15) is 12.0 Å². The van der Waals surface area contributed by atoms with E-state index >= 15 is 0 Å². The van der Waals surface area contributed by atoms with Crippen LogP contribution in [-0.4, -0.2) is 0 Å². The molecule has 0 spiro atoms. The Morgan fingerprint density at radius 3 is 2.94 bits per heavy atom. The fourth-order valence-electron chi connectivity index (χ4n) is 2.08. The number of benzene rings is 1. The highest BCUT2D eigenvalue weighted by atomic mass is 35.5. The second kappa shape index (κ2) is 4.39. The van der Waals surface area contributed by atoms with Crippen molar-refractivity contribution in [1.29, 1.82) is 0 Å². The van der Waals surface area contributed by atoms with Crippen LogP contribution >= 0.6 is 11.6 Å². The lowest BCUT2D eigenvalue weighted by Gasteiger charge is -2.01. The van der Waals surface area contributed by atoms with Gasteiger partial charge in [-0.15, -0.1) is 0 Å². The molecule has 0 unspecified atom stereocenters. The van der Waals surface area contributed by atoms with E-state index in [4.69, 9.17) is 21.8 Å². The van der Waals surface area contributed by atoms with Gasteiger partial charge in [-0.1, -0.05) is 35.9 Å². The Kier molecular flexibility index (Phi) is 2.73. The average Bonchev–Trinajstić information content (AvgIpc) is 2.67. The van der Waals surface area contributed by atoms with Gasteiger partial charge in [-0.2, -0.15) is 0 Å². The van der Waals surface area contributed by atoms with Crippen molar-refractivity contribution in [3.63, 3.8) is 0 Å². The van der Waals surface area contributed by atoms with Gasteiger partial charge in [0.2, 0.25) is 0 Å². The third-order valence-corrected chi connectivity index (χ3v) is 3.19. The van der Waals surface area contributed by atoms with Gasteiger partial charge in [0, 0.05) is 16.0 Å². The molecule has 3 rings (SSSR count). The topological polar surface area (TPSA) is 39.2 Å². The molecule has 0 radical (unpaired) electrons. The summed E-state index contributed by atoms with van der Waals surface area (Å²) in [5.74, 6) is 0.433. The van der Waals surface area contributed by atoms with E-state index in [0.717, 1.165) is 23.0 Å². The highest BCUT2D eigenvalue weighted by Crippen LogP contribution is 2.32. The summed E-state index contributed by atoms with van der Waals surface area (Å²) >= 11 is 6.01. The van der Waals surface area contributed by atoms with Gasteiger partial charge in [0.15, 0.2) is 5.88 Å². The molecule has 1 heterocycles. The van der Waals surface area contributed by atoms with Crippen LogP contribution in [0, 0.1) is 0 Å². The summed E-state index contributed by atoms with van der Waals surface area (Å²) in [4.78, 5) is 0. The van der Waals surface area contributed by atoms with Crippen molar-refractivity contribution in [1.82, 2.24) is 0 Å². The van der Waals surface area contributed by atoms with Gasteiger partial charge in [-0.05, 0) is 36.3 Å². The first-order valence-corrected chi connectivity index (χ1v) is 6.13. The maximum Gasteiger partial charge on any atom is 0.198 e. The number of nitrogens with two attached hydrogens (primary N) is 1. The molecule has 2 N–H and O–H groups in total. The summed E-state index contributed by atoms with van der Waals surface area (Å²) in [6.45, 7) is 0. The Balaban J connectivity index is 2.16. The highest BCUT2D eigenvalue weighted by Gasteiger charge is 2.10. The Morgan fingerprint density at radius 2 is 2.17 bits per heavy atom. The molecule has 18 heavy (non-hydrogen) atoms. The first kappa shape index (κ1) is 11.2. The quantitative estimate of drug-likeness (QED) is 0.813. The molecule has 3 heteroatoms. The molecule has 1 aromatic carbocycles. The van der Waals surface area contributed by atoms with E-state index in [9.17, 15) is 0 Å². The highest BCUT2D eigenvalue weighted by molar-refractivity contribution is 6.31. The van der Waals surface area contributed by atoms with E-state index in [0.29, 0.717) is 10.9 Å². The van der Waals surface area contributed by atoms with Crippen LogP contribution in [0.25, 0.3) is 17.0 Å². The first-order chi connectivity index (χ1) is 8.74. The Bertz CT molecular complexity index is 692. The molecule has 2 nitrogen and oxygen atoms in total. The molecule has 0 aliphatic heterocycles. The van der Waals surface area contributed by atoms with Gasteiger partial charge >= 0.3 is 0 Å². The molecule has 0 amide bonds. The molecule has 90 valence electrons. The van der Waals surface area contributed by atoms with E-state index in [1.54, 1.807) is 6.07 Å². The minimum absolute atomic E-state index is 0.433. The molecule has 0 fully saturated rings. The predicted octanol–water partition coefficient (Wildman–Crippen LogP) is 4.57. The second-order valence-corrected chi connectivity index (χ2v) is 4.67. The van der Waals surface area contributed by atoms with Crippen molar-refractivity contribution < 1.29 is 4.42 Å². The van der Waals surface area contributed by atoms with Crippen LogP contribution in [0.2, 0.25) is 5.02 Å². The number of halogens is 1. The lowest BCUT2D eigenvalue weighted by Crippen LogP contribution is -1.86. The smallest absolute Gasteiger partial charge is 0.198 e. The van der Waals surface area contributed by atoms with Crippen LogP contribution in [0.5, 0.6) is 0 Å². The normalized spacial score (nSPS) is 16.8. The molecule has 0 saturated heterocycles. The predicted molar refractivity (Wildman–Crippen MR) is 76.5 cm³/mol. The molecule has 2 aromatic rings. The van der Waals surface area contributed by atoms with Crippen molar-refractivity contribution in [2.45, 2.75) is 6.42 Å². The van der Waals surface area contributed by atoms with E-state index in [-0.39, 0.29) is 0 Å². The zero-order valence-corrected chi connectivity index (χ0v) is 10.4. The number of furan rings is 1. The van der Waals surface area contributed by atoms with Crippen molar-refractivity contribution in [3.8, 4) is 0 Å². The summed E-state index contributed by atoms with van der Waals surface area (Å²) in [5.41, 5.74) is 8.79. The standard InChI is InChI=1S/C15H12ClNO/c16-11-6-7-14-12(9-11)13(15(17)18-14)8-10-4-2-1-3-5-10/h1-4,6-9H,5,17H2/b10-8-. The van der Waals surface area contributed by atoms with Crippen molar-refractivity contribution in [2.75, 3.05) is 5.73 Å². The monoisotopic (exact) mass is 257 g/mol. The number of hydrogen-bond donors (Lipinski definition) is 1. The zero-order chi connectivity index (χ0) is 12.5. The van der Waals surface area contributed by atoms with Crippen molar-refractivity contribution >= 4 is 34.5 Å². The lowest BCUT2D eigenvalue weighted by molar-refractivity contribution is 0.636. The number of fused-ring (bicyclic) bond motifs is 1. The van der Waals surface area contributed by atoms with Crippen molar-refractivity contribution in [2.24, 2.45) is 0 Å². The van der Waals surface area contributed by atoms with Gasteiger partial charge in [0.25, 0.3) is 0 Å². The molecule has 0 bridgehead atoms. The van der Waals surface area contributed by atoms with Gasteiger partial charge in [-0.3, -0.25) is 0 Å². The fraction of sp³-hybridized carbons (Fsp3) is 0.0667. The summed E-state index contributed by atoms with van der Waals surface area (Å²) < 4.78 is 5.53. The number of nitrogen functional groups attached to an aromatic ring is 1. The Labute approximate surface area is 110 Å². The van der Waals surface area contributed by atoms with Crippen LogP contribution in [0.15, 0.2) is 52.5 Å². The maximum atomic E-state index is 6.01. The van der Waals surface area contributed by atoms with Crippen molar-refractivity contribution in [3.05, 3.63) is 58.7 Å².